The van der Waals surface area contributed by atoms with Crippen molar-refractivity contribution in [2.24, 2.45) is 5.92 Å². The summed E-state index contributed by atoms with van der Waals surface area (Å²) in [4.78, 5) is 0. The molecule has 0 radical (unpaired) electrons. The Balaban J connectivity index is 3.94. The first-order valence-electron chi connectivity index (χ1n) is 3.01. The first-order chi connectivity index (χ1) is 5.35. The molecule has 0 aliphatic rings. The summed E-state index contributed by atoms with van der Waals surface area (Å²) in [5, 5.41) is 24.6. The lowest BCUT2D eigenvalue weighted by molar-refractivity contribution is 0.761. The third-order valence-electron chi connectivity index (χ3n) is 1.00. The molecule has 1 unspecified atom stereocenters. The molecule has 0 N–H and O–H groups in total. The standard InChI is InChI=1S/C8H5N3/c9-5-1-3-8(7-11)4-2-6-10/h8H,1,3H2. The number of hydrogen-bond acceptors (Lipinski definition) is 3. The quantitative estimate of drug-likeness (QED) is 0.540. The Hall–Kier alpha value is -1.97. The van der Waals surface area contributed by atoms with Crippen LogP contribution >= 0.6 is 0 Å². The van der Waals surface area contributed by atoms with Crippen LogP contribution in [-0.2, 0) is 0 Å². The topological polar surface area (TPSA) is 71.4 Å². The first-order valence-corrected chi connectivity index (χ1v) is 3.01. The Morgan fingerprint density at radius 3 is 2.36 bits per heavy atom. The van der Waals surface area contributed by atoms with Crippen LogP contribution in [0.15, 0.2) is 0 Å². The third-order valence-corrected chi connectivity index (χ3v) is 1.00. The molecule has 0 aliphatic heterocycles. The maximum absolute atomic E-state index is 8.41. The fourth-order valence-corrected chi connectivity index (χ4v) is 0.497. The predicted molar refractivity (Wildman–Crippen MR) is 37.3 cm³/mol. The molecule has 0 saturated heterocycles. The zero-order valence-electron chi connectivity index (χ0n) is 5.83. The van der Waals surface area contributed by atoms with E-state index >= 15 is 0 Å². The summed E-state index contributed by atoms with van der Waals surface area (Å²) < 4.78 is 0. The second-order valence-electron chi connectivity index (χ2n) is 1.76. The number of nitriles is 3. The van der Waals surface area contributed by atoms with Crippen molar-refractivity contribution < 1.29 is 0 Å². The average Bonchev–Trinajstić information content (AvgIpc) is 2.05. The van der Waals surface area contributed by atoms with Crippen molar-refractivity contribution in [3.63, 3.8) is 0 Å². The monoisotopic (exact) mass is 143 g/mol. The summed E-state index contributed by atoms with van der Waals surface area (Å²) in [6, 6.07) is 5.42. The lowest BCUT2D eigenvalue weighted by Crippen LogP contribution is -1.91. The highest BCUT2D eigenvalue weighted by atomic mass is 14.3. The van der Waals surface area contributed by atoms with E-state index in [-0.39, 0.29) is 0 Å². The highest BCUT2D eigenvalue weighted by molar-refractivity contribution is 5.21. The molecule has 0 bridgehead atoms. The Morgan fingerprint density at radius 2 is 1.91 bits per heavy atom. The molecule has 0 fully saturated rings. The zero-order valence-corrected chi connectivity index (χ0v) is 5.83. The maximum atomic E-state index is 8.41. The molecule has 3 heteroatoms. The summed E-state index contributed by atoms with van der Waals surface area (Å²) in [5.41, 5.74) is 0. The fraction of sp³-hybridized carbons (Fsp3) is 0.375. The minimum Gasteiger partial charge on any atom is -0.198 e. The van der Waals surface area contributed by atoms with Crippen LogP contribution < -0.4 is 0 Å². The van der Waals surface area contributed by atoms with Crippen molar-refractivity contribution >= 4 is 0 Å². The smallest absolute Gasteiger partial charge is 0.152 e. The van der Waals surface area contributed by atoms with Gasteiger partial charge in [0.15, 0.2) is 6.07 Å². The lowest BCUT2D eigenvalue weighted by Gasteiger charge is -1.91. The second kappa shape index (κ2) is 6.15. The molecule has 11 heavy (non-hydrogen) atoms. The molecule has 0 aromatic heterocycles. The van der Waals surface area contributed by atoms with E-state index in [1.165, 1.54) is 0 Å². The van der Waals surface area contributed by atoms with Crippen molar-refractivity contribution in [3.05, 3.63) is 0 Å². The predicted octanol–water partition coefficient (Wildman–Crippen LogP) is 0.957. The van der Waals surface area contributed by atoms with Gasteiger partial charge < -0.3 is 0 Å². The molecule has 0 aliphatic carbocycles. The fourth-order valence-electron chi connectivity index (χ4n) is 0.497. The van der Waals surface area contributed by atoms with Gasteiger partial charge in [-0.2, -0.15) is 15.8 Å². The van der Waals surface area contributed by atoms with Crippen molar-refractivity contribution in [2.45, 2.75) is 12.8 Å². The van der Waals surface area contributed by atoms with Crippen LogP contribution in [-0.4, -0.2) is 0 Å². The van der Waals surface area contributed by atoms with Gasteiger partial charge in [0, 0.05) is 12.3 Å². The van der Waals surface area contributed by atoms with Crippen molar-refractivity contribution in [1.29, 1.82) is 15.8 Å². The minimum absolute atomic E-state index is 0.304. The molecule has 0 saturated carbocycles. The SMILES string of the molecule is N#CC#CC(C#N)CCC#N. The van der Waals surface area contributed by atoms with Gasteiger partial charge in [0.25, 0.3) is 0 Å². The normalized spacial score (nSPS) is 9.18. The van der Waals surface area contributed by atoms with E-state index in [0.717, 1.165) is 0 Å². The second-order valence-corrected chi connectivity index (χ2v) is 1.76. The highest BCUT2D eigenvalue weighted by Crippen LogP contribution is 2.01. The summed E-state index contributed by atoms with van der Waals surface area (Å²) >= 11 is 0. The molecule has 0 rings (SSSR count). The van der Waals surface area contributed by atoms with E-state index in [1.807, 2.05) is 12.1 Å². The zero-order chi connectivity index (χ0) is 8.53. The Labute approximate surface area is 65.5 Å². The van der Waals surface area contributed by atoms with Gasteiger partial charge in [0.2, 0.25) is 0 Å². The molecule has 52 valence electrons. The van der Waals surface area contributed by atoms with Gasteiger partial charge in [-0.05, 0) is 6.42 Å². The van der Waals surface area contributed by atoms with Gasteiger partial charge in [0.1, 0.15) is 5.92 Å². The van der Waals surface area contributed by atoms with E-state index < -0.39 is 5.92 Å². The van der Waals surface area contributed by atoms with Crippen LogP contribution in [0, 0.1) is 51.8 Å². The average molecular weight is 143 g/mol. The largest absolute Gasteiger partial charge is 0.198 e. The van der Waals surface area contributed by atoms with Crippen molar-refractivity contribution in [3.8, 4) is 30.0 Å². The first kappa shape index (κ1) is 9.03. The third kappa shape index (κ3) is 4.53. The van der Waals surface area contributed by atoms with Gasteiger partial charge in [-0.1, -0.05) is 5.92 Å². The van der Waals surface area contributed by atoms with Crippen LogP contribution in [0.1, 0.15) is 12.8 Å². The van der Waals surface area contributed by atoms with Gasteiger partial charge in [0.05, 0.1) is 12.1 Å². The van der Waals surface area contributed by atoms with E-state index in [1.54, 1.807) is 6.07 Å². The van der Waals surface area contributed by atoms with Gasteiger partial charge in [-0.15, -0.1) is 0 Å². The Kier molecular flexibility index (Phi) is 5.05. The van der Waals surface area contributed by atoms with Crippen LogP contribution in [0.4, 0.5) is 0 Å². The number of nitrogens with zero attached hydrogens (tertiary/aromatic N) is 3. The summed E-state index contributed by atoms with van der Waals surface area (Å²) in [6.07, 6.45) is 0.722. The number of rotatable bonds is 2. The Bertz CT molecular complexity index is 287. The molecule has 0 amide bonds. The molecule has 0 aromatic rings. The van der Waals surface area contributed by atoms with Crippen LogP contribution in [0.5, 0.6) is 0 Å². The maximum Gasteiger partial charge on any atom is 0.152 e. The van der Waals surface area contributed by atoms with E-state index in [9.17, 15) is 0 Å². The van der Waals surface area contributed by atoms with E-state index in [2.05, 4.69) is 11.8 Å². The summed E-state index contributed by atoms with van der Waals surface area (Å²) in [6.45, 7) is 0. The van der Waals surface area contributed by atoms with Gasteiger partial charge in [-0.3, -0.25) is 0 Å². The van der Waals surface area contributed by atoms with Crippen molar-refractivity contribution in [2.75, 3.05) is 0 Å². The molecular formula is C8H5N3. The molecule has 3 nitrogen and oxygen atoms in total. The molecular weight excluding hydrogens is 138 g/mol. The van der Waals surface area contributed by atoms with Gasteiger partial charge in [-0.25, -0.2) is 0 Å². The molecule has 0 spiro atoms. The Morgan fingerprint density at radius 1 is 1.18 bits per heavy atom. The number of hydrogen-bond donors (Lipinski definition) is 0. The summed E-state index contributed by atoms with van der Waals surface area (Å²) in [5.74, 6) is 4.08. The molecule has 1 atom stereocenters. The van der Waals surface area contributed by atoms with Crippen LogP contribution in [0.25, 0.3) is 0 Å². The lowest BCUT2D eigenvalue weighted by atomic mass is 10.1. The van der Waals surface area contributed by atoms with Crippen LogP contribution in [0.3, 0.4) is 0 Å². The van der Waals surface area contributed by atoms with Crippen LogP contribution in [0.2, 0.25) is 0 Å². The minimum atomic E-state index is -0.478. The highest BCUT2D eigenvalue weighted by Gasteiger charge is 2.00. The summed E-state index contributed by atoms with van der Waals surface area (Å²) in [7, 11) is 0. The van der Waals surface area contributed by atoms with E-state index in [0.29, 0.717) is 12.8 Å². The van der Waals surface area contributed by atoms with Gasteiger partial charge >= 0.3 is 0 Å². The molecule has 0 aromatic carbocycles. The van der Waals surface area contributed by atoms with E-state index in [4.69, 9.17) is 15.8 Å². The molecule has 0 heterocycles. The van der Waals surface area contributed by atoms with Crippen molar-refractivity contribution in [1.82, 2.24) is 0 Å².